The van der Waals surface area contributed by atoms with E-state index in [1.165, 1.54) is 6.07 Å². The largest absolute Gasteiger partial charge is 0.337 e. The Morgan fingerprint density at radius 2 is 2.26 bits per heavy atom. The highest BCUT2D eigenvalue weighted by atomic mass is 16.6. The van der Waals surface area contributed by atoms with Crippen LogP contribution in [0.25, 0.3) is 11.4 Å². The summed E-state index contributed by atoms with van der Waals surface area (Å²) in [4.78, 5) is 14.8. The van der Waals surface area contributed by atoms with Gasteiger partial charge < -0.3 is 9.84 Å². The average molecular weight is 260 g/mol. The molecule has 1 saturated heterocycles. The third-order valence-electron chi connectivity index (χ3n) is 3.14. The highest BCUT2D eigenvalue weighted by Crippen LogP contribution is 2.29. The second-order valence-electron chi connectivity index (χ2n) is 4.38. The van der Waals surface area contributed by atoms with Gasteiger partial charge in [-0.15, -0.1) is 0 Å². The maximum Gasteiger partial charge on any atom is 0.280 e. The summed E-state index contributed by atoms with van der Waals surface area (Å²) in [6.07, 6.45) is 2.01. The molecule has 1 atom stereocenters. The van der Waals surface area contributed by atoms with Gasteiger partial charge >= 0.3 is 0 Å². The van der Waals surface area contributed by atoms with E-state index in [1.54, 1.807) is 18.2 Å². The number of aromatic nitrogens is 2. The van der Waals surface area contributed by atoms with Crippen LogP contribution in [-0.4, -0.2) is 21.6 Å². The summed E-state index contributed by atoms with van der Waals surface area (Å²) < 4.78 is 5.19. The summed E-state index contributed by atoms with van der Waals surface area (Å²) in [7, 11) is 0. The number of nitro benzene ring substituents is 1. The molecule has 2 heterocycles. The molecular weight excluding hydrogens is 248 g/mol. The van der Waals surface area contributed by atoms with Crippen molar-refractivity contribution in [2.45, 2.75) is 18.9 Å². The van der Waals surface area contributed by atoms with Gasteiger partial charge in [0.2, 0.25) is 11.7 Å². The summed E-state index contributed by atoms with van der Waals surface area (Å²) >= 11 is 0. The van der Waals surface area contributed by atoms with E-state index in [0.29, 0.717) is 11.5 Å². The monoisotopic (exact) mass is 260 g/mol. The number of hydrogen-bond acceptors (Lipinski definition) is 6. The molecule has 0 spiro atoms. The van der Waals surface area contributed by atoms with Crippen molar-refractivity contribution in [3.05, 3.63) is 40.3 Å². The molecule has 7 nitrogen and oxygen atoms in total. The van der Waals surface area contributed by atoms with Crippen LogP contribution in [-0.2, 0) is 0 Å². The van der Waals surface area contributed by atoms with Crippen LogP contribution in [0.5, 0.6) is 0 Å². The molecule has 1 aromatic carbocycles. The highest BCUT2D eigenvalue weighted by Gasteiger charge is 2.25. The topological polar surface area (TPSA) is 94.1 Å². The Balaban J connectivity index is 1.96. The third-order valence-corrected chi connectivity index (χ3v) is 3.14. The molecule has 19 heavy (non-hydrogen) atoms. The fourth-order valence-corrected chi connectivity index (χ4v) is 2.20. The van der Waals surface area contributed by atoms with E-state index >= 15 is 0 Å². The van der Waals surface area contributed by atoms with E-state index in [4.69, 9.17) is 4.52 Å². The van der Waals surface area contributed by atoms with Gasteiger partial charge in [0.25, 0.3) is 5.69 Å². The molecule has 98 valence electrons. The zero-order valence-electron chi connectivity index (χ0n) is 10.1. The van der Waals surface area contributed by atoms with Crippen LogP contribution in [0.3, 0.4) is 0 Å². The summed E-state index contributed by atoms with van der Waals surface area (Å²) in [6.45, 7) is 0.924. The fourth-order valence-electron chi connectivity index (χ4n) is 2.20. The molecular formula is C12H12N4O3. The molecule has 1 aliphatic heterocycles. The lowest BCUT2D eigenvalue weighted by molar-refractivity contribution is -0.384. The van der Waals surface area contributed by atoms with Gasteiger partial charge in [0.15, 0.2) is 0 Å². The summed E-state index contributed by atoms with van der Waals surface area (Å²) in [5.41, 5.74) is 0.356. The quantitative estimate of drug-likeness (QED) is 0.670. The van der Waals surface area contributed by atoms with Gasteiger partial charge in [-0.1, -0.05) is 17.3 Å². The van der Waals surface area contributed by atoms with E-state index in [0.717, 1.165) is 19.4 Å². The highest BCUT2D eigenvalue weighted by molar-refractivity contribution is 5.67. The first-order valence-corrected chi connectivity index (χ1v) is 6.06. The number of hydrogen-bond donors (Lipinski definition) is 1. The van der Waals surface area contributed by atoms with Gasteiger partial charge in [-0.05, 0) is 25.5 Å². The molecule has 3 rings (SSSR count). The zero-order valence-corrected chi connectivity index (χ0v) is 10.1. The van der Waals surface area contributed by atoms with Crippen LogP contribution < -0.4 is 5.32 Å². The zero-order chi connectivity index (χ0) is 13.2. The number of nitrogens with zero attached hydrogens (tertiary/aromatic N) is 3. The average Bonchev–Trinajstić information content (AvgIpc) is 3.09. The van der Waals surface area contributed by atoms with Crippen LogP contribution in [0.4, 0.5) is 5.69 Å². The molecule has 2 aromatic rings. The van der Waals surface area contributed by atoms with Crippen molar-refractivity contribution in [3.8, 4) is 11.4 Å². The predicted octanol–water partition coefficient (Wildman–Crippen LogP) is 2.07. The van der Waals surface area contributed by atoms with E-state index in [9.17, 15) is 10.1 Å². The summed E-state index contributed by atoms with van der Waals surface area (Å²) in [5, 5.41) is 18.1. The maximum atomic E-state index is 11.0. The van der Waals surface area contributed by atoms with Crippen molar-refractivity contribution in [1.82, 2.24) is 15.5 Å². The van der Waals surface area contributed by atoms with E-state index in [-0.39, 0.29) is 17.6 Å². The lowest BCUT2D eigenvalue weighted by Gasteiger charge is -2.01. The van der Waals surface area contributed by atoms with Gasteiger partial charge in [0.05, 0.1) is 11.0 Å². The van der Waals surface area contributed by atoms with Crippen molar-refractivity contribution >= 4 is 5.69 Å². The van der Waals surface area contributed by atoms with Gasteiger partial charge in [-0.2, -0.15) is 4.98 Å². The second kappa shape index (κ2) is 4.77. The number of rotatable bonds is 3. The van der Waals surface area contributed by atoms with Crippen molar-refractivity contribution < 1.29 is 9.45 Å². The predicted molar refractivity (Wildman–Crippen MR) is 66.4 cm³/mol. The van der Waals surface area contributed by atoms with E-state index in [1.807, 2.05) is 0 Å². The maximum absolute atomic E-state index is 11.0. The lowest BCUT2D eigenvalue weighted by Crippen LogP contribution is -2.12. The van der Waals surface area contributed by atoms with Gasteiger partial charge in [-0.3, -0.25) is 10.1 Å². The molecule has 0 unspecified atom stereocenters. The lowest BCUT2D eigenvalue weighted by atomic mass is 10.1. The first-order valence-electron chi connectivity index (χ1n) is 6.06. The van der Waals surface area contributed by atoms with E-state index < -0.39 is 4.92 Å². The fraction of sp³-hybridized carbons (Fsp3) is 0.333. The minimum atomic E-state index is -0.445. The smallest absolute Gasteiger partial charge is 0.280 e. The van der Waals surface area contributed by atoms with Crippen LogP contribution in [0, 0.1) is 10.1 Å². The molecule has 0 radical (unpaired) electrons. The SMILES string of the molecule is O=[N+]([O-])c1ccccc1-c1noc([C@H]2CCCN2)n1. The van der Waals surface area contributed by atoms with Gasteiger partial charge in [0.1, 0.15) is 5.56 Å². The first-order chi connectivity index (χ1) is 9.25. The van der Waals surface area contributed by atoms with Crippen molar-refractivity contribution in [2.75, 3.05) is 6.54 Å². The minimum Gasteiger partial charge on any atom is -0.337 e. The van der Waals surface area contributed by atoms with Crippen LogP contribution in [0.15, 0.2) is 28.8 Å². The van der Waals surface area contributed by atoms with Crippen molar-refractivity contribution in [1.29, 1.82) is 0 Å². The number of para-hydroxylation sites is 1. The van der Waals surface area contributed by atoms with Crippen molar-refractivity contribution in [2.24, 2.45) is 0 Å². The molecule has 0 bridgehead atoms. The van der Waals surface area contributed by atoms with E-state index in [2.05, 4.69) is 15.5 Å². The Morgan fingerprint density at radius 3 is 3.00 bits per heavy atom. The molecule has 7 heteroatoms. The summed E-state index contributed by atoms with van der Waals surface area (Å²) in [6, 6.07) is 6.44. The molecule has 1 aromatic heterocycles. The molecule has 1 fully saturated rings. The Kier molecular flexibility index (Phi) is 2.96. The summed E-state index contributed by atoms with van der Waals surface area (Å²) in [5.74, 6) is 0.752. The van der Waals surface area contributed by atoms with Gasteiger partial charge in [0, 0.05) is 6.07 Å². The molecule has 0 amide bonds. The number of benzene rings is 1. The second-order valence-corrected chi connectivity index (χ2v) is 4.38. The molecule has 0 aliphatic carbocycles. The molecule has 0 saturated carbocycles. The number of nitrogens with one attached hydrogen (secondary N) is 1. The van der Waals surface area contributed by atoms with Crippen LogP contribution in [0.1, 0.15) is 24.8 Å². The Hall–Kier alpha value is -2.28. The molecule has 1 aliphatic rings. The number of nitro groups is 1. The van der Waals surface area contributed by atoms with Crippen molar-refractivity contribution in [3.63, 3.8) is 0 Å². The molecule has 1 N–H and O–H groups in total. The van der Waals surface area contributed by atoms with Crippen LogP contribution in [0.2, 0.25) is 0 Å². The first kappa shape index (κ1) is 11.8. The normalized spacial score (nSPS) is 18.6. The van der Waals surface area contributed by atoms with Crippen LogP contribution >= 0.6 is 0 Å². The standard InChI is InChI=1S/C12H12N4O3/c17-16(18)10-6-2-1-4-8(10)11-14-12(19-15-11)9-5-3-7-13-9/h1-2,4,6,9,13H,3,5,7H2/t9-/m1/s1. The van der Waals surface area contributed by atoms with Gasteiger partial charge in [-0.25, -0.2) is 0 Å². The Bertz CT molecular complexity index is 605. The minimum absolute atomic E-state index is 0.0192. The Labute approximate surface area is 108 Å². The third kappa shape index (κ3) is 2.19. The Morgan fingerprint density at radius 1 is 1.42 bits per heavy atom.